The molecule has 1 fully saturated rings. The van der Waals surface area contributed by atoms with E-state index in [0.717, 1.165) is 57.1 Å². The molecule has 1 heterocycles. The first-order valence-electron chi connectivity index (χ1n) is 9.55. The van der Waals surface area contributed by atoms with Gasteiger partial charge in [0.05, 0.1) is 7.11 Å². The van der Waals surface area contributed by atoms with Crippen LogP contribution in [0.15, 0.2) is 54.6 Å². The summed E-state index contributed by atoms with van der Waals surface area (Å²) in [6, 6.07) is 17.7. The van der Waals surface area contributed by atoms with Crippen LogP contribution in [-0.2, 0) is 11.2 Å². The molecule has 1 saturated heterocycles. The number of piperazine rings is 1. The highest BCUT2D eigenvalue weighted by atomic mass is 16.5. The lowest BCUT2D eigenvalue weighted by atomic mass is 10.1. The number of rotatable bonds is 8. The SMILES string of the molecule is COc1cccc(CCCN2CCN(C(=O)COc3ccccc3)CC2)c1. The predicted molar refractivity (Wildman–Crippen MR) is 106 cm³/mol. The van der Waals surface area contributed by atoms with Crippen molar-refractivity contribution in [2.75, 3.05) is 46.4 Å². The summed E-state index contributed by atoms with van der Waals surface area (Å²) in [6.45, 7) is 4.57. The van der Waals surface area contributed by atoms with Crippen molar-refractivity contribution in [2.24, 2.45) is 0 Å². The Morgan fingerprint density at radius 2 is 1.70 bits per heavy atom. The Morgan fingerprint density at radius 1 is 0.963 bits per heavy atom. The Balaban J connectivity index is 1.34. The molecule has 27 heavy (non-hydrogen) atoms. The standard InChI is InChI=1S/C22H28N2O3/c1-26-21-11-5-7-19(17-21)8-6-12-23-13-15-24(16-14-23)22(25)18-27-20-9-3-2-4-10-20/h2-5,7,9-11,17H,6,8,12-16,18H2,1H3. The summed E-state index contributed by atoms with van der Waals surface area (Å²) < 4.78 is 10.8. The fourth-order valence-electron chi connectivity index (χ4n) is 3.31. The number of ether oxygens (including phenoxy) is 2. The number of hydrogen-bond acceptors (Lipinski definition) is 4. The van der Waals surface area contributed by atoms with Gasteiger partial charge in [0.15, 0.2) is 6.61 Å². The molecule has 144 valence electrons. The van der Waals surface area contributed by atoms with E-state index in [4.69, 9.17) is 9.47 Å². The van der Waals surface area contributed by atoms with Crippen LogP contribution in [0, 0.1) is 0 Å². The minimum atomic E-state index is 0.0647. The average molecular weight is 368 g/mol. The number of carbonyl (C=O) groups is 1. The van der Waals surface area contributed by atoms with E-state index >= 15 is 0 Å². The van der Waals surface area contributed by atoms with Gasteiger partial charge in [0.2, 0.25) is 0 Å². The molecule has 0 spiro atoms. The zero-order valence-electron chi connectivity index (χ0n) is 16.0. The molecule has 1 amide bonds. The van der Waals surface area contributed by atoms with Crippen LogP contribution in [0.2, 0.25) is 0 Å². The lowest BCUT2D eigenvalue weighted by molar-refractivity contribution is -0.135. The maximum absolute atomic E-state index is 12.3. The molecule has 0 bridgehead atoms. The van der Waals surface area contributed by atoms with Crippen LogP contribution in [0.3, 0.4) is 0 Å². The van der Waals surface area contributed by atoms with Gasteiger partial charge in [-0.3, -0.25) is 9.69 Å². The highest BCUT2D eigenvalue weighted by Gasteiger charge is 2.21. The Bertz CT molecular complexity index is 713. The molecular formula is C22H28N2O3. The van der Waals surface area contributed by atoms with Crippen molar-refractivity contribution in [2.45, 2.75) is 12.8 Å². The van der Waals surface area contributed by atoms with Gasteiger partial charge in [-0.15, -0.1) is 0 Å². The monoisotopic (exact) mass is 368 g/mol. The molecule has 1 aliphatic heterocycles. The normalized spacial score (nSPS) is 14.8. The summed E-state index contributed by atoms with van der Waals surface area (Å²) in [4.78, 5) is 16.6. The van der Waals surface area contributed by atoms with E-state index in [1.807, 2.05) is 47.4 Å². The Hall–Kier alpha value is -2.53. The van der Waals surface area contributed by atoms with Crippen molar-refractivity contribution < 1.29 is 14.3 Å². The van der Waals surface area contributed by atoms with Gasteiger partial charge in [-0.25, -0.2) is 0 Å². The van der Waals surface area contributed by atoms with Gasteiger partial charge >= 0.3 is 0 Å². The van der Waals surface area contributed by atoms with E-state index in [1.54, 1.807) is 7.11 Å². The smallest absolute Gasteiger partial charge is 0.260 e. The van der Waals surface area contributed by atoms with Gasteiger partial charge in [0.1, 0.15) is 11.5 Å². The first-order chi connectivity index (χ1) is 13.2. The lowest BCUT2D eigenvalue weighted by Crippen LogP contribution is -2.50. The summed E-state index contributed by atoms with van der Waals surface area (Å²) in [5.41, 5.74) is 1.31. The molecule has 0 saturated carbocycles. The molecule has 0 radical (unpaired) electrons. The molecular weight excluding hydrogens is 340 g/mol. The fourth-order valence-corrected chi connectivity index (χ4v) is 3.31. The number of benzene rings is 2. The zero-order chi connectivity index (χ0) is 18.9. The van der Waals surface area contributed by atoms with Crippen molar-refractivity contribution in [1.29, 1.82) is 0 Å². The Kier molecular flexibility index (Phi) is 7.11. The van der Waals surface area contributed by atoms with Gasteiger partial charge in [-0.05, 0) is 49.2 Å². The second kappa shape index (κ2) is 9.97. The van der Waals surface area contributed by atoms with E-state index in [9.17, 15) is 4.79 Å². The summed E-state index contributed by atoms with van der Waals surface area (Å²) in [5, 5.41) is 0. The average Bonchev–Trinajstić information content (AvgIpc) is 2.73. The number of hydrogen-bond donors (Lipinski definition) is 0. The zero-order valence-corrected chi connectivity index (χ0v) is 16.0. The molecule has 0 N–H and O–H groups in total. The van der Waals surface area contributed by atoms with Crippen LogP contribution in [0.1, 0.15) is 12.0 Å². The highest BCUT2D eigenvalue weighted by molar-refractivity contribution is 5.77. The lowest BCUT2D eigenvalue weighted by Gasteiger charge is -2.34. The largest absolute Gasteiger partial charge is 0.497 e. The van der Waals surface area contributed by atoms with Crippen LogP contribution in [0.25, 0.3) is 0 Å². The summed E-state index contributed by atoms with van der Waals surface area (Å²) >= 11 is 0. The maximum atomic E-state index is 12.3. The number of para-hydroxylation sites is 1. The first kappa shape index (κ1) is 19.2. The molecule has 3 rings (SSSR count). The Labute approximate surface area is 161 Å². The molecule has 5 heteroatoms. The second-order valence-corrected chi connectivity index (χ2v) is 6.78. The minimum absolute atomic E-state index is 0.0647. The van der Waals surface area contributed by atoms with E-state index in [1.165, 1.54) is 5.56 Å². The van der Waals surface area contributed by atoms with Crippen molar-refractivity contribution in [3.05, 3.63) is 60.2 Å². The van der Waals surface area contributed by atoms with Crippen LogP contribution in [-0.4, -0.2) is 62.1 Å². The van der Waals surface area contributed by atoms with Crippen LogP contribution < -0.4 is 9.47 Å². The van der Waals surface area contributed by atoms with Crippen molar-refractivity contribution in [1.82, 2.24) is 9.80 Å². The number of methoxy groups -OCH3 is 1. The van der Waals surface area contributed by atoms with Crippen LogP contribution in [0.5, 0.6) is 11.5 Å². The van der Waals surface area contributed by atoms with Gasteiger partial charge < -0.3 is 14.4 Å². The van der Waals surface area contributed by atoms with E-state index in [2.05, 4.69) is 17.0 Å². The molecule has 0 aromatic heterocycles. The number of amides is 1. The quantitative estimate of drug-likeness (QED) is 0.719. The third-order valence-corrected chi connectivity index (χ3v) is 4.90. The summed E-state index contributed by atoms with van der Waals surface area (Å²) in [6.07, 6.45) is 2.15. The Morgan fingerprint density at radius 3 is 2.44 bits per heavy atom. The topological polar surface area (TPSA) is 42.0 Å². The third kappa shape index (κ3) is 6.00. The second-order valence-electron chi connectivity index (χ2n) is 6.78. The van der Waals surface area contributed by atoms with Gasteiger partial charge in [0, 0.05) is 26.2 Å². The maximum Gasteiger partial charge on any atom is 0.260 e. The third-order valence-electron chi connectivity index (χ3n) is 4.90. The number of carbonyl (C=O) groups excluding carboxylic acids is 1. The van der Waals surface area contributed by atoms with Crippen molar-refractivity contribution >= 4 is 5.91 Å². The molecule has 0 unspecified atom stereocenters. The van der Waals surface area contributed by atoms with E-state index < -0.39 is 0 Å². The molecule has 2 aromatic rings. The fraction of sp³-hybridized carbons (Fsp3) is 0.409. The number of nitrogens with zero attached hydrogens (tertiary/aromatic N) is 2. The van der Waals surface area contributed by atoms with Gasteiger partial charge in [0.25, 0.3) is 5.91 Å². The first-order valence-corrected chi connectivity index (χ1v) is 9.55. The van der Waals surface area contributed by atoms with Gasteiger partial charge in [-0.1, -0.05) is 30.3 Å². The molecule has 0 atom stereocenters. The van der Waals surface area contributed by atoms with Crippen molar-refractivity contribution in [3.63, 3.8) is 0 Å². The molecule has 2 aromatic carbocycles. The minimum Gasteiger partial charge on any atom is -0.497 e. The van der Waals surface area contributed by atoms with E-state index in [-0.39, 0.29) is 12.5 Å². The van der Waals surface area contributed by atoms with Crippen LogP contribution >= 0.6 is 0 Å². The summed E-state index contributed by atoms with van der Waals surface area (Å²) in [7, 11) is 1.70. The highest BCUT2D eigenvalue weighted by Crippen LogP contribution is 2.14. The predicted octanol–water partition coefficient (Wildman–Crippen LogP) is 2.85. The molecule has 0 aliphatic carbocycles. The summed E-state index contributed by atoms with van der Waals surface area (Å²) in [5.74, 6) is 1.72. The van der Waals surface area contributed by atoms with E-state index in [0.29, 0.717) is 0 Å². The van der Waals surface area contributed by atoms with Crippen molar-refractivity contribution in [3.8, 4) is 11.5 Å². The molecule has 1 aliphatic rings. The van der Waals surface area contributed by atoms with Crippen LogP contribution in [0.4, 0.5) is 0 Å². The molecule has 5 nitrogen and oxygen atoms in total. The number of aryl methyl sites for hydroxylation is 1. The van der Waals surface area contributed by atoms with Gasteiger partial charge in [-0.2, -0.15) is 0 Å².